The van der Waals surface area contributed by atoms with Gasteiger partial charge in [-0.05, 0) is 94.0 Å². The van der Waals surface area contributed by atoms with Crippen molar-refractivity contribution in [3.8, 4) is 44.8 Å². The highest BCUT2D eigenvalue weighted by molar-refractivity contribution is 6.13. The summed E-state index contributed by atoms with van der Waals surface area (Å²) in [5.74, 6) is 0. The van der Waals surface area contributed by atoms with Crippen LogP contribution in [0.4, 0.5) is 0 Å². The molecule has 234 valence electrons. The average molecular weight is 644 g/mol. The van der Waals surface area contributed by atoms with E-state index in [-0.39, 0.29) is 57.6 Å². The summed E-state index contributed by atoms with van der Waals surface area (Å²) in [6, 6.07) is 48.6. The lowest BCUT2D eigenvalue weighted by atomic mass is 9.99. The van der Waals surface area contributed by atoms with Crippen molar-refractivity contribution in [1.29, 1.82) is 0 Å². The molecular weight excluding hydrogens is 605 g/mol. The topological polar surface area (TPSA) is 9.86 Å². The molecular formula is C48H32N2. The van der Waals surface area contributed by atoms with Gasteiger partial charge < -0.3 is 9.13 Å². The van der Waals surface area contributed by atoms with E-state index in [2.05, 4.69) is 71.3 Å². The minimum atomic E-state index is -0.414. The Morgan fingerprint density at radius 3 is 1.64 bits per heavy atom. The number of nitrogens with zero attached hydrogens (tertiary/aromatic N) is 2. The van der Waals surface area contributed by atoms with Gasteiger partial charge in [0, 0.05) is 32.9 Å². The van der Waals surface area contributed by atoms with E-state index in [9.17, 15) is 4.11 Å². The number of fused-ring (bicyclic) bond motifs is 6. The Morgan fingerprint density at radius 2 is 0.880 bits per heavy atom. The Morgan fingerprint density at radius 1 is 0.320 bits per heavy atom. The molecule has 2 heteroatoms. The van der Waals surface area contributed by atoms with Gasteiger partial charge in [0.05, 0.1) is 31.7 Å². The van der Waals surface area contributed by atoms with Crippen molar-refractivity contribution in [2.45, 2.75) is 0 Å². The predicted octanol–water partition coefficient (Wildman–Crippen LogP) is 12.9. The summed E-state index contributed by atoms with van der Waals surface area (Å²) in [6.45, 7) is 0. The van der Waals surface area contributed by atoms with Gasteiger partial charge in [0.1, 0.15) is 0 Å². The molecule has 0 fully saturated rings. The molecule has 0 saturated carbocycles. The van der Waals surface area contributed by atoms with E-state index in [0.717, 1.165) is 49.7 Å². The van der Waals surface area contributed by atoms with E-state index in [0.29, 0.717) is 11.3 Å². The molecule has 50 heavy (non-hydrogen) atoms. The second-order valence-electron chi connectivity index (χ2n) is 12.4. The molecule has 0 amide bonds. The molecule has 0 spiro atoms. The molecule has 0 saturated heterocycles. The summed E-state index contributed by atoms with van der Waals surface area (Å²) < 4.78 is 67.4. The van der Waals surface area contributed by atoms with Gasteiger partial charge in [-0.3, -0.25) is 0 Å². The van der Waals surface area contributed by atoms with Crippen molar-refractivity contribution < 1.29 is 9.60 Å². The summed E-state index contributed by atoms with van der Waals surface area (Å²) in [6.07, 6.45) is 0. The fourth-order valence-electron chi connectivity index (χ4n) is 7.19. The Kier molecular flexibility index (Phi) is 5.08. The molecule has 0 atom stereocenters. The molecule has 10 aromatic rings. The zero-order chi connectivity index (χ0) is 39.1. The number of hydrogen-bond acceptors (Lipinski definition) is 0. The van der Waals surface area contributed by atoms with Crippen LogP contribution in [0.25, 0.3) is 88.4 Å². The molecule has 0 bridgehead atoms. The number of aromatic nitrogens is 2. The molecule has 2 heterocycles. The summed E-state index contributed by atoms with van der Waals surface area (Å²) in [5, 5.41) is 2.27. The third-order valence-corrected chi connectivity index (χ3v) is 9.57. The van der Waals surface area contributed by atoms with Crippen LogP contribution in [0.1, 0.15) is 9.60 Å². The summed E-state index contributed by atoms with van der Waals surface area (Å²) in [5.41, 5.74) is 9.05. The number of para-hydroxylation sites is 2. The van der Waals surface area contributed by atoms with Gasteiger partial charge in [0.15, 0.2) is 0 Å². The Labute approximate surface area is 300 Å². The van der Waals surface area contributed by atoms with Gasteiger partial charge in [-0.1, -0.05) is 133 Å². The van der Waals surface area contributed by atoms with Crippen LogP contribution in [-0.2, 0) is 0 Å². The minimum Gasteiger partial charge on any atom is -0.309 e. The molecule has 0 aliphatic carbocycles. The molecule has 2 aromatic heterocycles. The fraction of sp³-hybridized carbons (Fsp3) is 0. The van der Waals surface area contributed by atoms with Crippen LogP contribution in [0.2, 0.25) is 0 Å². The molecule has 10 rings (SSSR count). The van der Waals surface area contributed by atoms with Crippen LogP contribution in [-0.4, -0.2) is 9.13 Å². The first-order chi connectivity index (χ1) is 27.7. The van der Waals surface area contributed by atoms with Crippen LogP contribution in [0.15, 0.2) is 194 Å². The molecule has 2 nitrogen and oxygen atoms in total. The van der Waals surface area contributed by atoms with Crippen molar-refractivity contribution in [3.05, 3.63) is 194 Å². The third-order valence-electron chi connectivity index (χ3n) is 9.57. The molecule has 0 unspecified atom stereocenters. The van der Waals surface area contributed by atoms with Gasteiger partial charge in [-0.25, -0.2) is 0 Å². The standard InChI is InChI=1S/C48H32N2/c1-4-12-33(13-5-1)35-20-25-40(26-21-35)50-47-29-24-37(31-44(47)42-27-22-38(32-48(42)50)34-14-6-2-7-15-34)36-23-28-46-43(30-36)41-18-10-11-19-45(41)49(46)39-16-8-3-9-17-39/h1-32H/i10D,11D,18D,19D,23D,28D,30D. The van der Waals surface area contributed by atoms with Crippen molar-refractivity contribution in [2.24, 2.45) is 0 Å². The summed E-state index contributed by atoms with van der Waals surface area (Å²) in [4.78, 5) is 0. The highest BCUT2D eigenvalue weighted by Crippen LogP contribution is 2.39. The molecule has 8 aromatic carbocycles. The smallest absolute Gasteiger partial charge is 0.0645 e. The van der Waals surface area contributed by atoms with Gasteiger partial charge in [-0.2, -0.15) is 0 Å². The van der Waals surface area contributed by atoms with E-state index in [1.54, 1.807) is 16.7 Å². The van der Waals surface area contributed by atoms with E-state index in [4.69, 9.17) is 5.48 Å². The van der Waals surface area contributed by atoms with Gasteiger partial charge in [0.25, 0.3) is 0 Å². The van der Waals surface area contributed by atoms with Crippen LogP contribution in [0.3, 0.4) is 0 Å². The second kappa shape index (κ2) is 11.5. The van der Waals surface area contributed by atoms with E-state index >= 15 is 0 Å². The lowest BCUT2D eigenvalue weighted by molar-refractivity contribution is 1.18. The van der Waals surface area contributed by atoms with Crippen molar-refractivity contribution >= 4 is 43.6 Å². The maximum atomic E-state index is 9.71. The van der Waals surface area contributed by atoms with Crippen molar-refractivity contribution in [3.63, 3.8) is 0 Å². The third kappa shape index (κ3) is 4.57. The van der Waals surface area contributed by atoms with Gasteiger partial charge in [0.2, 0.25) is 0 Å². The van der Waals surface area contributed by atoms with E-state index in [1.165, 1.54) is 0 Å². The highest BCUT2D eigenvalue weighted by atomic mass is 15.0. The number of benzene rings is 8. The van der Waals surface area contributed by atoms with Gasteiger partial charge in [-0.15, -0.1) is 0 Å². The van der Waals surface area contributed by atoms with Crippen molar-refractivity contribution in [2.75, 3.05) is 0 Å². The first kappa shape index (κ1) is 22.1. The van der Waals surface area contributed by atoms with Crippen LogP contribution in [0.5, 0.6) is 0 Å². The zero-order valence-corrected chi connectivity index (χ0v) is 26.8. The predicted molar refractivity (Wildman–Crippen MR) is 211 cm³/mol. The zero-order valence-electron chi connectivity index (χ0n) is 33.8. The maximum absolute atomic E-state index is 9.71. The van der Waals surface area contributed by atoms with Crippen molar-refractivity contribution in [1.82, 2.24) is 9.13 Å². The highest BCUT2D eigenvalue weighted by Gasteiger charge is 2.17. The largest absolute Gasteiger partial charge is 0.309 e. The first-order valence-corrected chi connectivity index (χ1v) is 16.6. The second-order valence-corrected chi connectivity index (χ2v) is 12.4. The number of hydrogen-bond donors (Lipinski definition) is 0. The Hall–Kier alpha value is -6.64. The van der Waals surface area contributed by atoms with Gasteiger partial charge >= 0.3 is 0 Å². The average Bonchev–Trinajstić information content (AvgIpc) is 3.79. The molecule has 0 N–H and O–H groups in total. The monoisotopic (exact) mass is 643 g/mol. The molecule has 0 radical (unpaired) electrons. The molecule has 0 aliphatic rings. The first-order valence-electron chi connectivity index (χ1n) is 20.1. The summed E-state index contributed by atoms with van der Waals surface area (Å²) >= 11 is 0. The molecule has 0 aliphatic heterocycles. The fourth-order valence-corrected chi connectivity index (χ4v) is 7.19. The van der Waals surface area contributed by atoms with E-state index < -0.39 is 12.1 Å². The minimum absolute atomic E-state index is 0.0679. The van der Waals surface area contributed by atoms with Crippen LogP contribution >= 0.6 is 0 Å². The number of rotatable bonds is 5. The maximum Gasteiger partial charge on any atom is 0.0645 e. The van der Waals surface area contributed by atoms with Crippen LogP contribution in [0, 0.1) is 0 Å². The SMILES string of the molecule is [2H]c1c([2H])c([2H])c2c(c1[2H])c1c([2H])c(-c3ccc4c(c3)c3ccc(-c5ccccc5)cc3n4-c3ccc(-c4ccccc4)cc3)c([2H])c([2H])c1n2-c1ccccc1. The Bertz CT molecular complexity index is 3230. The normalized spacial score (nSPS) is 13.6. The summed E-state index contributed by atoms with van der Waals surface area (Å²) in [7, 11) is 0. The Balaban J connectivity index is 1.25. The lowest BCUT2D eigenvalue weighted by Crippen LogP contribution is -1.94. The quantitative estimate of drug-likeness (QED) is 0.177. The van der Waals surface area contributed by atoms with Crippen LogP contribution < -0.4 is 0 Å². The lowest BCUT2D eigenvalue weighted by Gasteiger charge is -2.11. The van der Waals surface area contributed by atoms with E-state index in [1.807, 2.05) is 72.8 Å².